The molecule has 2 saturated heterocycles. The number of halogens is 1. The van der Waals surface area contributed by atoms with Gasteiger partial charge in [-0.15, -0.1) is 0 Å². The molecule has 1 unspecified atom stereocenters. The number of nitrogens with zero attached hydrogens (tertiary/aromatic N) is 4. The van der Waals surface area contributed by atoms with Crippen molar-refractivity contribution in [3.63, 3.8) is 0 Å². The van der Waals surface area contributed by atoms with E-state index in [2.05, 4.69) is 21.6 Å². The fraction of sp³-hybridized carbons (Fsp3) is 0.621. The second-order valence-electron chi connectivity index (χ2n) is 11.2. The lowest BCUT2D eigenvalue weighted by atomic mass is 10.00. The average Bonchev–Trinajstić information content (AvgIpc) is 3.35. The summed E-state index contributed by atoms with van der Waals surface area (Å²) in [5, 5.41) is 0.573. The van der Waals surface area contributed by atoms with Crippen LogP contribution in [0.3, 0.4) is 0 Å². The number of aromatic nitrogens is 1. The number of hydrogen-bond donors (Lipinski definition) is 0. The van der Waals surface area contributed by atoms with Gasteiger partial charge in [0.15, 0.2) is 0 Å². The van der Waals surface area contributed by atoms with Gasteiger partial charge in [-0.25, -0.2) is 8.42 Å². The number of sulfonamides is 1. The Labute approximate surface area is 237 Å². The van der Waals surface area contributed by atoms with Gasteiger partial charge in [-0.1, -0.05) is 18.0 Å². The molecule has 2 aromatic rings. The summed E-state index contributed by atoms with van der Waals surface area (Å²) >= 11 is 6.23. The van der Waals surface area contributed by atoms with Crippen molar-refractivity contribution in [3.05, 3.63) is 51.8 Å². The molecule has 214 valence electrons. The number of morpholine rings is 1. The van der Waals surface area contributed by atoms with Gasteiger partial charge >= 0.3 is 0 Å². The van der Waals surface area contributed by atoms with Crippen molar-refractivity contribution in [2.24, 2.45) is 0 Å². The smallest absolute Gasteiger partial charge is 0.243 e. The number of ether oxygens (including phenoxy) is 1. The van der Waals surface area contributed by atoms with Crippen LogP contribution in [-0.4, -0.2) is 85.0 Å². The molecule has 0 bridgehead atoms. The molecular formula is C29H41ClN4O4S. The highest BCUT2D eigenvalue weighted by atomic mass is 35.5. The number of carbonyl (C=O) groups is 1. The molecule has 0 spiro atoms. The molecule has 1 aromatic carbocycles. The quantitative estimate of drug-likeness (QED) is 0.475. The number of piperidine rings is 1. The average molecular weight is 577 g/mol. The first-order valence-corrected chi connectivity index (χ1v) is 16.1. The molecule has 2 fully saturated rings. The summed E-state index contributed by atoms with van der Waals surface area (Å²) in [6, 6.07) is 7.60. The molecule has 1 aromatic heterocycles. The summed E-state index contributed by atoms with van der Waals surface area (Å²) in [4.78, 5) is 18.0. The van der Waals surface area contributed by atoms with Gasteiger partial charge in [-0.05, 0) is 68.5 Å². The predicted molar refractivity (Wildman–Crippen MR) is 153 cm³/mol. The monoisotopic (exact) mass is 576 g/mol. The maximum absolute atomic E-state index is 13.7. The molecule has 5 rings (SSSR count). The van der Waals surface area contributed by atoms with E-state index in [-0.39, 0.29) is 11.9 Å². The van der Waals surface area contributed by atoms with Crippen LogP contribution in [0.15, 0.2) is 29.2 Å². The summed E-state index contributed by atoms with van der Waals surface area (Å²) in [6.07, 6.45) is 4.52. The third-order valence-corrected chi connectivity index (χ3v) is 11.1. The van der Waals surface area contributed by atoms with Crippen LogP contribution in [0.1, 0.15) is 54.6 Å². The lowest BCUT2D eigenvalue weighted by Gasteiger charge is -2.36. The molecule has 4 heterocycles. The van der Waals surface area contributed by atoms with Crippen LogP contribution in [0, 0.1) is 13.8 Å². The van der Waals surface area contributed by atoms with Gasteiger partial charge in [0.25, 0.3) is 0 Å². The molecule has 3 aliphatic rings. The number of fused-ring (bicyclic) bond motifs is 1. The summed E-state index contributed by atoms with van der Waals surface area (Å²) in [5.74, 6) is 0.110. The molecular weight excluding hydrogens is 536 g/mol. The van der Waals surface area contributed by atoms with E-state index in [0.717, 1.165) is 70.6 Å². The number of aryl methyl sites for hydroxylation is 2. The fourth-order valence-corrected chi connectivity index (χ4v) is 8.43. The normalized spacial score (nSPS) is 21.2. The van der Waals surface area contributed by atoms with E-state index < -0.39 is 10.0 Å². The van der Waals surface area contributed by atoms with Crippen molar-refractivity contribution in [2.75, 3.05) is 45.9 Å². The molecule has 10 heteroatoms. The Balaban J connectivity index is 1.19. The minimum absolute atomic E-state index is 0.110. The SMILES string of the molecule is Cc1cc(S(=O)(=O)N2CCCCC2CCC(=O)N2CCn3c(CCN4CCOCC4)ccc3C2)c(C)cc1Cl. The Hall–Kier alpha value is -1.91. The number of amides is 1. The zero-order chi connectivity index (χ0) is 27.6. The Morgan fingerprint density at radius 2 is 1.82 bits per heavy atom. The highest BCUT2D eigenvalue weighted by Gasteiger charge is 2.35. The van der Waals surface area contributed by atoms with E-state index >= 15 is 0 Å². The number of rotatable bonds is 8. The van der Waals surface area contributed by atoms with Crippen molar-refractivity contribution in [2.45, 2.75) is 76.4 Å². The van der Waals surface area contributed by atoms with Crippen molar-refractivity contribution < 1.29 is 17.9 Å². The first-order chi connectivity index (χ1) is 18.7. The molecule has 8 nitrogen and oxygen atoms in total. The van der Waals surface area contributed by atoms with E-state index in [9.17, 15) is 13.2 Å². The Morgan fingerprint density at radius 1 is 1.03 bits per heavy atom. The number of hydrogen-bond acceptors (Lipinski definition) is 5. The van der Waals surface area contributed by atoms with E-state index in [1.165, 1.54) is 11.4 Å². The molecule has 0 N–H and O–H groups in total. The van der Waals surface area contributed by atoms with Crippen LogP contribution >= 0.6 is 11.6 Å². The third-order valence-electron chi connectivity index (χ3n) is 8.56. The van der Waals surface area contributed by atoms with E-state index in [1.54, 1.807) is 23.4 Å². The summed E-state index contributed by atoms with van der Waals surface area (Å²) < 4.78 is 36.9. The lowest BCUT2D eigenvalue weighted by Crippen LogP contribution is -2.45. The summed E-state index contributed by atoms with van der Waals surface area (Å²) in [5.41, 5.74) is 3.93. The fourth-order valence-electron chi connectivity index (χ4n) is 6.19. The van der Waals surface area contributed by atoms with Gasteiger partial charge < -0.3 is 14.2 Å². The highest BCUT2D eigenvalue weighted by Crippen LogP contribution is 2.32. The Morgan fingerprint density at radius 3 is 2.62 bits per heavy atom. The zero-order valence-corrected chi connectivity index (χ0v) is 24.8. The van der Waals surface area contributed by atoms with Gasteiger partial charge in [0, 0.05) is 74.6 Å². The summed E-state index contributed by atoms with van der Waals surface area (Å²) in [7, 11) is -3.67. The molecule has 1 amide bonds. The maximum atomic E-state index is 13.7. The summed E-state index contributed by atoms with van der Waals surface area (Å²) in [6.45, 7) is 10.9. The standard InChI is InChI=1S/C29H41ClN4O4S/c1-22-20-28(23(2)19-27(22)30)39(36,37)34-11-4-3-5-25(34)8-9-29(35)32-13-14-33-24(6-7-26(33)21-32)10-12-31-15-17-38-18-16-31/h6-7,19-20,25H,3-5,8-18,21H2,1-2H3. The molecule has 0 saturated carbocycles. The van der Waals surface area contributed by atoms with Crippen LogP contribution in [0.2, 0.25) is 5.02 Å². The van der Waals surface area contributed by atoms with Crippen LogP contribution < -0.4 is 0 Å². The van der Waals surface area contributed by atoms with Gasteiger partial charge in [0.05, 0.1) is 24.7 Å². The Bertz CT molecular complexity index is 1290. The van der Waals surface area contributed by atoms with Crippen LogP contribution in [0.4, 0.5) is 0 Å². The van der Waals surface area contributed by atoms with Crippen LogP contribution in [-0.2, 0) is 39.1 Å². The highest BCUT2D eigenvalue weighted by molar-refractivity contribution is 7.89. The molecule has 1 atom stereocenters. The molecule has 3 aliphatic heterocycles. The minimum atomic E-state index is -3.67. The minimum Gasteiger partial charge on any atom is -0.379 e. The predicted octanol–water partition coefficient (Wildman–Crippen LogP) is 4.00. The van der Waals surface area contributed by atoms with Crippen LogP contribution in [0.25, 0.3) is 0 Å². The maximum Gasteiger partial charge on any atom is 0.243 e. The largest absolute Gasteiger partial charge is 0.379 e. The first kappa shape index (κ1) is 28.6. The molecule has 0 aliphatic carbocycles. The Kier molecular flexibility index (Phi) is 9.03. The number of carbonyl (C=O) groups excluding carboxylic acids is 1. The first-order valence-electron chi connectivity index (χ1n) is 14.3. The third kappa shape index (κ3) is 6.38. The van der Waals surface area contributed by atoms with Crippen molar-refractivity contribution in [3.8, 4) is 0 Å². The molecule has 0 radical (unpaired) electrons. The van der Waals surface area contributed by atoms with Gasteiger partial charge in [-0.2, -0.15) is 4.31 Å². The number of benzene rings is 1. The van der Waals surface area contributed by atoms with Crippen LogP contribution in [0.5, 0.6) is 0 Å². The van der Waals surface area contributed by atoms with Gasteiger partial charge in [-0.3, -0.25) is 9.69 Å². The van der Waals surface area contributed by atoms with E-state index in [4.69, 9.17) is 16.3 Å². The zero-order valence-electron chi connectivity index (χ0n) is 23.2. The van der Waals surface area contributed by atoms with Crippen molar-refractivity contribution >= 4 is 27.5 Å². The topological polar surface area (TPSA) is 75.1 Å². The second-order valence-corrected chi connectivity index (χ2v) is 13.4. The van der Waals surface area contributed by atoms with Crippen molar-refractivity contribution in [1.29, 1.82) is 0 Å². The van der Waals surface area contributed by atoms with E-state index in [0.29, 0.717) is 48.0 Å². The molecule has 39 heavy (non-hydrogen) atoms. The lowest BCUT2D eigenvalue weighted by molar-refractivity contribution is -0.133. The van der Waals surface area contributed by atoms with E-state index in [1.807, 2.05) is 11.8 Å². The van der Waals surface area contributed by atoms with Gasteiger partial charge in [0.2, 0.25) is 15.9 Å². The second kappa shape index (κ2) is 12.3. The van der Waals surface area contributed by atoms with Crippen molar-refractivity contribution in [1.82, 2.24) is 18.7 Å². The van der Waals surface area contributed by atoms with Gasteiger partial charge in [0.1, 0.15) is 0 Å².